The van der Waals surface area contributed by atoms with Gasteiger partial charge in [0, 0.05) is 17.2 Å². The van der Waals surface area contributed by atoms with Crippen molar-refractivity contribution in [2.75, 3.05) is 11.5 Å². The van der Waals surface area contributed by atoms with E-state index >= 15 is 0 Å². The Morgan fingerprint density at radius 1 is 0.500 bits per heavy atom. The first-order valence-electron chi connectivity index (χ1n) is 17.4. The molecule has 0 amide bonds. The Balaban J connectivity index is 1.24. The van der Waals surface area contributed by atoms with Gasteiger partial charge in [0.2, 0.25) is 0 Å². The lowest BCUT2D eigenvalue weighted by atomic mass is 9.46. The summed E-state index contributed by atoms with van der Waals surface area (Å²) in [6.45, 7) is 0. The molecule has 8 saturated carbocycles. The SMILES string of the molecule is N#Cc1ccc(Oc2cc(Oc3ccc(C#N)cc3N)c(C34CC5CC(CC(C5)C3)C4)cc2C23CC4CC(CC(C4)C2)C3)c(N)c1. The van der Waals surface area contributed by atoms with Crippen LogP contribution in [0.3, 0.4) is 0 Å². The van der Waals surface area contributed by atoms with E-state index in [0.29, 0.717) is 34.0 Å². The van der Waals surface area contributed by atoms with Gasteiger partial charge in [-0.1, -0.05) is 0 Å². The normalized spacial score (nSPS) is 34.7. The molecule has 11 rings (SSSR count). The Labute approximate surface area is 271 Å². The number of nitrogen functional groups attached to an aromatic ring is 2. The van der Waals surface area contributed by atoms with Gasteiger partial charge >= 0.3 is 0 Å². The molecule has 8 bridgehead atoms. The van der Waals surface area contributed by atoms with E-state index in [1.54, 1.807) is 24.3 Å². The van der Waals surface area contributed by atoms with Gasteiger partial charge < -0.3 is 20.9 Å². The zero-order valence-electron chi connectivity index (χ0n) is 26.4. The van der Waals surface area contributed by atoms with E-state index in [-0.39, 0.29) is 10.8 Å². The molecular weight excluding hydrogens is 568 g/mol. The summed E-state index contributed by atoms with van der Waals surface area (Å²) >= 11 is 0. The summed E-state index contributed by atoms with van der Waals surface area (Å²) in [6.07, 6.45) is 15.6. The third kappa shape index (κ3) is 4.48. The summed E-state index contributed by atoms with van der Waals surface area (Å²) in [4.78, 5) is 0. The molecule has 8 aliphatic rings. The quantitative estimate of drug-likeness (QED) is 0.269. The van der Waals surface area contributed by atoms with E-state index < -0.39 is 0 Å². The van der Waals surface area contributed by atoms with Gasteiger partial charge in [0.15, 0.2) is 0 Å². The number of ether oxygens (including phenoxy) is 2. The smallest absolute Gasteiger partial charge is 0.150 e. The number of rotatable bonds is 6. The van der Waals surface area contributed by atoms with Crippen LogP contribution in [0.2, 0.25) is 0 Å². The van der Waals surface area contributed by atoms with E-state index in [0.717, 1.165) is 47.0 Å². The molecule has 6 nitrogen and oxygen atoms in total. The van der Waals surface area contributed by atoms with Gasteiger partial charge in [-0.05, 0) is 166 Å². The number of nitrogens with two attached hydrogens (primary N) is 2. The molecule has 234 valence electrons. The van der Waals surface area contributed by atoms with Crippen LogP contribution in [-0.2, 0) is 10.8 Å². The fourth-order valence-electron chi connectivity index (χ4n) is 12.1. The Morgan fingerprint density at radius 3 is 1.15 bits per heavy atom. The number of benzene rings is 3. The van der Waals surface area contributed by atoms with Gasteiger partial charge in [-0.25, -0.2) is 0 Å². The zero-order chi connectivity index (χ0) is 31.2. The first-order chi connectivity index (χ1) is 22.3. The van der Waals surface area contributed by atoms with E-state index in [4.69, 9.17) is 20.9 Å². The van der Waals surface area contributed by atoms with Crippen molar-refractivity contribution in [3.8, 4) is 35.1 Å². The van der Waals surface area contributed by atoms with Gasteiger partial charge in [0.05, 0.1) is 34.6 Å². The van der Waals surface area contributed by atoms with Crippen molar-refractivity contribution in [1.82, 2.24) is 0 Å². The van der Waals surface area contributed by atoms with Crippen molar-refractivity contribution in [3.63, 3.8) is 0 Å². The van der Waals surface area contributed by atoms with Crippen molar-refractivity contribution in [2.45, 2.75) is 87.9 Å². The van der Waals surface area contributed by atoms with Crippen LogP contribution < -0.4 is 20.9 Å². The van der Waals surface area contributed by atoms with Gasteiger partial charge in [-0.3, -0.25) is 0 Å². The molecule has 0 aliphatic heterocycles. The molecule has 46 heavy (non-hydrogen) atoms. The molecule has 0 atom stereocenters. The summed E-state index contributed by atoms with van der Waals surface area (Å²) in [7, 11) is 0. The lowest BCUT2D eigenvalue weighted by Crippen LogP contribution is -2.50. The Bertz CT molecular complexity index is 1630. The maximum atomic E-state index is 9.47. The Hall–Kier alpha value is -4.16. The molecule has 8 aliphatic carbocycles. The van der Waals surface area contributed by atoms with Crippen molar-refractivity contribution in [3.05, 3.63) is 70.8 Å². The minimum Gasteiger partial charge on any atom is -0.455 e. The van der Waals surface area contributed by atoms with E-state index in [2.05, 4.69) is 24.3 Å². The van der Waals surface area contributed by atoms with Crippen LogP contribution in [-0.4, -0.2) is 0 Å². The minimum absolute atomic E-state index is 0.0918. The molecule has 3 aromatic rings. The summed E-state index contributed by atoms with van der Waals surface area (Å²) in [5.74, 6) is 7.49. The van der Waals surface area contributed by atoms with Gasteiger partial charge in [0.25, 0.3) is 0 Å². The number of anilines is 2. The zero-order valence-corrected chi connectivity index (χ0v) is 26.4. The molecule has 0 saturated heterocycles. The van der Waals surface area contributed by atoms with Crippen molar-refractivity contribution in [1.29, 1.82) is 10.5 Å². The standard InChI is InChI=1S/C40H42N4O2/c41-21-23-1-3-35(33(43)11-23)45-37-14-38(46-36-4-2-24(22-42)12-34(36)44)32(40-18-28-8-29(19-40)10-30(9-28)20-40)13-31(37)39-15-25-5-26(16-39)7-27(6-25)17-39/h1-4,11-14,25-30H,5-10,15-20,43-44H2. The molecular formula is C40H42N4O2. The monoisotopic (exact) mass is 610 g/mol. The van der Waals surface area contributed by atoms with Crippen LogP contribution in [0.15, 0.2) is 48.5 Å². The van der Waals surface area contributed by atoms with Crippen LogP contribution >= 0.6 is 0 Å². The van der Waals surface area contributed by atoms with Crippen LogP contribution in [0.5, 0.6) is 23.0 Å². The second kappa shape index (κ2) is 10.2. The molecule has 3 aromatic carbocycles. The first-order valence-corrected chi connectivity index (χ1v) is 17.4. The number of nitrogens with zero attached hydrogens (tertiary/aromatic N) is 2. The second-order valence-corrected chi connectivity index (χ2v) is 16.2. The summed E-state index contributed by atoms with van der Waals surface area (Å²) < 4.78 is 13.7. The van der Waals surface area contributed by atoms with Gasteiger partial charge in [-0.2, -0.15) is 10.5 Å². The lowest BCUT2D eigenvalue weighted by molar-refractivity contribution is -0.00937. The van der Waals surface area contributed by atoms with Crippen molar-refractivity contribution >= 4 is 11.4 Å². The molecule has 4 N–H and O–H groups in total. The highest BCUT2D eigenvalue weighted by Gasteiger charge is 2.55. The average molecular weight is 611 g/mol. The number of nitriles is 2. The highest BCUT2D eigenvalue weighted by atomic mass is 16.5. The van der Waals surface area contributed by atoms with Crippen molar-refractivity contribution in [2.24, 2.45) is 35.5 Å². The predicted molar refractivity (Wildman–Crippen MR) is 177 cm³/mol. The van der Waals surface area contributed by atoms with Gasteiger partial charge in [0.1, 0.15) is 23.0 Å². The van der Waals surface area contributed by atoms with Crippen LogP contribution in [0.1, 0.15) is 99.3 Å². The Kier molecular flexibility index (Phi) is 6.21. The average Bonchev–Trinajstić information content (AvgIpc) is 3.01. The molecule has 0 aromatic heterocycles. The first kappa shape index (κ1) is 28.1. The van der Waals surface area contributed by atoms with E-state index in [9.17, 15) is 10.5 Å². The second-order valence-electron chi connectivity index (χ2n) is 16.2. The minimum atomic E-state index is 0.0918. The third-order valence-electron chi connectivity index (χ3n) is 13.0. The lowest BCUT2D eigenvalue weighted by Gasteiger charge is -2.58. The maximum absolute atomic E-state index is 9.47. The fraction of sp³-hybridized carbons (Fsp3) is 0.500. The number of hydrogen-bond acceptors (Lipinski definition) is 6. The van der Waals surface area contributed by atoms with E-state index in [1.807, 2.05) is 12.1 Å². The van der Waals surface area contributed by atoms with Crippen LogP contribution in [0, 0.1) is 58.2 Å². The Morgan fingerprint density at radius 2 is 0.848 bits per heavy atom. The summed E-state index contributed by atoms with van der Waals surface area (Å²) in [6, 6.07) is 19.6. The topological polar surface area (TPSA) is 118 Å². The largest absolute Gasteiger partial charge is 0.455 e. The van der Waals surface area contributed by atoms with Crippen LogP contribution in [0.4, 0.5) is 11.4 Å². The molecule has 0 spiro atoms. The van der Waals surface area contributed by atoms with Crippen molar-refractivity contribution < 1.29 is 9.47 Å². The van der Waals surface area contributed by atoms with E-state index in [1.165, 1.54) is 88.2 Å². The van der Waals surface area contributed by atoms with Gasteiger partial charge in [-0.15, -0.1) is 0 Å². The number of hydrogen-bond donors (Lipinski definition) is 2. The predicted octanol–water partition coefficient (Wildman–Crippen LogP) is 9.11. The highest BCUT2D eigenvalue weighted by Crippen LogP contribution is 2.66. The molecule has 0 unspecified atom stereocenters. The van der Waals surface area contributed by atoms with Crippen LogP contribution in [0.25, 0.3) is 0 Å². The summed E-state index contributed by atoms with van der Waals surface area (Å²) in [5.41, 5.74) is 17.8. The molecule has 0 heterocycles. The summed E-state index contributed by atoms with van der Waals surface area (Å²) in [5, 5.41) is 18.9. The fourth-order valence-corrected chi connectivity index (χ4v) is 12.1. The molecule has 8 fully saturated rings. The third-order valence-corrected chi connectivity index (χ3v) is 13.0. The molecule has 6 heteroatoms. The molecule has 0 radical (unpaired) electrons. The highest BCUT2D eigenvalue weighted by molar-refractivity contribution is 5.63. The maximum Gasteiger partial charge on any atom is 0.150 e.